The third-order valence-electron chi connectivity index (χ3n) is 5.89. The second-order valence-corrected chi connectivity index (χ2v) is 9.62. The average Bonchev–Trinajstić information content (AvgIpc) is 3.08. The summed E-state index contributed by atoms with van der Waals surface area (Å²) in [5.74, 6) is -1.23. The van der Waals surface area contributed by atoms with Crippen molar-refractivity contribution in [1.82, 2.24) is 5.32 Å². The van der Waals surface area contributed by atoms with Crippen LogP contribution >= 0.6 is 0 Å². The van der Waals surface area contributed by atoms with Gasteiger partial charge in [-0.3, -0.25) is 0 Å². The number of carbonyl (C=O) groups is 3. The van der Waals surface area contributed by atoms with Gasteiger partial charge in [0.05, 0.1) is 37.7 Å². The summed E-state index contributed by atoms with van der Waals surface area (Å²) in [5, 5.41) is 2.38. The number of aliphatic imine (C=N–C) groups is 4. The number of nitrogens with zero attached hydrogens (tertiary/aromatic N) is 4. The molecule has 2 aromatic rings. The number of rotatable bonds is 19. The Labute approximate surface area is 291 Å². The van der Waals surface area contributed by atoms with Gasteiger partial charge in [0.25, 0.3) is 0 Å². The zero-order chi connectivity index (χ0) is 35.4. The molecule has 2 rings (SSSR count). The van der Waals surface area contributed by atoms with E-state index in [-0.39, 0.29) is 59.8 Å². The van der Waals surface area contributed by atoms with E-state index in [0.29, 0.717) is 30.6 Å². The lowest BCUT2D eigenvalue weighted by atomic mass is 10.0. The van der Waals surface area contributed by atoms with E-state index in [0.717, 1.165) is 17.5 Å². The highest BCUT2D eigenvalue weighted by Crippen LogP contribution is 2.18. The number of unbranched alkanes of at least 4 members (excludes halogenated alkanes) is 1. The van der Waals surface area contributed by atoms with Crippen LogP contribution in [0.3, 0.4) is 0 Å². The second kappa shape index (κ2) is 29.1. The molecule has 0 spiro atoms. The monoisotopic (exact) mass is 693 g/mol. The highest BCUT2D eigenvalue weighted by atomic mass is 16.6. The number of alkyl carbamates (subject to hydrolysis) is 1. The van der Waals surface area contributed by atoms with Crippen molar-refractivity contribution >= 4 is 53.7 Å². The topological polar surface area (TPSA) is 209 Å². The summed E-state index contributed by atoms with van der Waals surface area (Å²) in [6, 6.07) is 13.7. The molecule has 0 aliphatic heterocycles. The van der Waals surface area contributed by atoms with Gasteiger partial charge in [0.15, 0.2) is 6.04 Å². The summed E-state index contributed by atoms with van der Waals surface area (Å²) in [6.07, 6.45) is 7.38. The second-order valence-electron chi connectivity index (χ2n) is 9.62. The highest BCUT2D eigenvalue weighted by Gasteiger charge is 2.19. The standard InChI is InChI=1S/C18H25N3O8.C15H10N2O2.2CH4/c1-14(2)16(24)27-9-5-10-29-18(26)20-8-11-28-17(25)15(21-13-23)6-3-4-7-19-12-22;18-10-16-14-5-1-12(2-6-14)9-13-3-7-15(8-4-13)17-11-19;;/h15H,1,3-11H2,2H3,(H,20,26);1-8H,9H2;2*1H4. The number of amides is 1. The van der Waals surface area contributed by atoms with E-state index in [4.69, 9.17) is 14.2 Å². The number of ether oxygens (including phenoxy) is 3. The van der Waals surface area contributed by atoms with Gasteiger partial charge in [-0.15, -0.1) is 0 Å². The van der Waals surface area contributed by atoms with Gasteiger partial charge >= 0.3 is 18.0 Å². The largest absolute Gasteiger partial charge is 0.462 e. The fraction of sp³-hybridized carbons (Fsp3) is 0.400. The molecule has 0 fully saturated rings. The number of nitrogens with one attached hydrogen (secondary N) is 1. The summed E-state index contributed by atoms with van der Waals surface area (Å²) in [7, 11) is 0. The lowest BCUT2D eigenvalue weighted by Gasteiger charge is -2.11. The lowest BCUT2D eigenvalue weighted by molar-refractivity contribution is -0.145. The van der Waals surface area contributed by atoms with Gasteiger partial charge in [-0.25, -0.2) is 38.6 Å². The molecule has 0 heterocycles. The van der Waals surface area contributed by atoms with Crippen molar-refractivity contribution < 1.29 is 47.8 Å². The van der Waals surface area contributed by atoms with E-state index < -0.39 is 24.1 Å². The maximum Gasteiger partial charge on any atom is 0.407 e. The molecular weight excluding hydrogens is 650 g/mol. The summed E-state index contributed by atoms with van der Waals surface area (Å²) in [6.45, 7) is 5.24. The molecule has 0 saturated heterocycles. The van der Waals surface area contributed by atoms with Crippen LogP contribution in [-0.4, -0.2) is 81.3 Å². The molecule has 0 aliphatic rings. The molecule has 15 heteroatoms. The van der Waals surface area contributed by atoms with Crippen LogP contribution in [0.25, 0.3) is 0 Å². The van der Waals surface area contributed by atoms with Crippen LogP contribution < -0.4 is 5.32 Å². The van der Waals surface area contributed by atoms with E-state index in [2.05, 4.69) is 31.9 Å². The van der Waals surface area contributed by atoms with Gasteiger partial charge in [-0.1, -0.05) is 45.7 Å². The first-order valence-corrected chi connectivity index (χ1v) is 14.6. The van der Waals surface area contributed by atoms with Crippen molar-refractivity contribution in [3.05, 3.63) is 71.8 Å². The first-order valence-electron chi connectivity index (χ1n) is 14.6. The summed E-state index contributed by atoms with van der Waals surface area (Å²) in [4.78, 5) is 88.9. The number of isocyanates is 4. The molecular formula is C35H43N5O10. The van der Waals surface area contributed by atoms with Crippen molar-refractivity contribution in [2.45, 2.75) is 59.9 Å². The Morgan fingerprint density at radius 2 is 1.30 bits per heavy atom. The van der Waals surface area contributed by atoms with Crippen molar-refractivity contribution in [2.24, 2.45) is 20.0 Å². The van der Waals surface area contributed by atoms with Crippen molar-refractivity contribution in [3.8, 4) is 0 Å². The normalized spacial score (nSPS) is 9.62. The number of carbonyl (C=O) groups excluding carboxylic acids is 7. The smallest absolute Gasteiger partial charge is 0.407 e. The minimum atomic E-state index is -0.999. The summed E-state index contributed by atoms with van der Waals surface area (Å²) in [5.41, 5.74) is 3.68. The molecule has 0 aliphatic carbocycles. The quantitative estimate of drug-likeness (QED) is 0.0490. The minimum absolute atomic E-state index is 0. The summed E-state index contributed by atoms with van der Waals surface area (Å²) >= 11 is 0. The third-order valence-corrected chi connectivity index (χ3v) is 5.89. The van der Waals surface area contributed by atoms with Gasteiger partial charge in [0.1, 0.15) is 6.61 Å². The number of hydrogen-bond donors (Lipinski definition) is 1. The fourth-order valence-corrected chi connectivity index (χ4v) is 3.55. The van der Waals surface area contributed by atoms with Gasteiger partial charge in [0, 0.05) is 12.0 Å². The van der Waals surface area contributed by atoms with E-state index in [1.54, 1.807) is 24.3 Å². The van der Waals surface area contributed by atoms with Gasteiger partial charge in [-0.2, -0.15) is 15.0 Å². The third kappa shape index (κ3) is 21.7. The van der Waals surface area contributed by atoms with E-state index in [9.17, 15) is 33.6 Å². The van der Waals surface area contributed by atoms with Crippen LogP contribution in [0.4, 0.5) is 16.2 Å². The molecule has 0 radical (unpaired) electrons. The maximum absolute atomic E-state index is 11.9. The van der Waals surface area contributed by atoms with Crippen molar-refractivity contribution in [3.63, 3.8) is 0 Å². The molecule has 50 heavy (non-hydrogen) atoms. The van der Waals surface area contributed by atoms with Crippen molar-refractivity contribution in [1.29, 1.82) is 0 Å². The molecule has 2 aromatic carbocycles. The minimum Gasteiger partial charge on any atom is -0.462 e. The van der Waals surface area contributed by atoms with Gasteiger partial charge in [0.2, 0.25) is 24.3 Å². The van der Waals surface area contributed by atoms with E-state index >= 15 is 0 Å². The Morgan fingerprint density at radius 3 is 1.80 bits per heavy atom. The zero-order valence-corrected chi connectivity index (χ0v) is 26.3. The van der Waals surface area contributed by atoms with E-state index in [1.165, 1.54) is 31.2 Å². The van der Waals surface area contributed by atoms with Crippen LogP contribution in [0.15, 0.2) is 80.7 Å². The van der Waals surface area contributed by atoms with Crippen LogP contribution in [0.5, 0.6) is 0 Å². The van der Waals surface area contributed by atoms with Crippen LogP contribution in [0.2, 0.25) is 0 Å². The SMILES string of the molecule is C.C.C=C(C)C(=O)OCCCOC(=O)NCCOC(=O)C(CCCCN=C=O)N=C=O.O=C=Nc1ccc(Cc2ccc(N=C=O)cc2)cc1. The Kier molecular flexibility index (Phi) is 26.8. The number of esters is 2. The predicted molar refractivity (Wildman–Crippen MR) is 184 cm³/mol. The zero-order valence-electron chi connectivity index (χ0n) is 26.3. The Morgan fingerprint density at radius 1 is 0.740 bits per heavy atom. The first-order chi connectivity index (χ1) is 23.2. The number of hydrogen-bond acceptors (Lipinski definition) is 14. The lowest BCUT2D eigenvalue weighted by Crippen LogP contribution is -2.31. The molecule has 1 unspecified atom stereocenters. The maximum atomic E-state index is 11.9. The molecule has 268 valence electrons. The predicted octanol–water partition coefficient (Wildman–Crippen LogP) is 5.46. The molecule has 1 N–H and O–H groups in total. The first kappa shape index (κ1) is 46.0. The van der Waals surface area contributed by atoms with E-state index in [1.807, 2.05) is 24.3 Å². The molecule has 1 atom stereocenters. The molecule has 15 nitrogen and oxygen atoms in total. The van der Waals surface area contributed by atoms with Crippen LogP contribution in [-0.2, 0) is 49.4 Å². The van der Waals surface area contributed by atoms with Crippen LogP contribution in [0, 0.1) is 0 Å². The Balaban J connectivity index is 0. The average molecular weight is 694 g/mol. The molecule has 1 amide bonds. The Hall–Kier alpha value is -6.09. The summed E-state index contributed by atoms with van der Waals surface area (Å²) < 4.78 is 14.6. The fourth-order valence-electron chi connectivity index (χ4n) is 3.55. The number of benzene rings is 2. The Bertz CT molecular complexity index is 1470. The van der Waals surface area contributed by atoms with Crippen LogP contribution in [0.1, 0.15) is 58.6 Å². The molecule has 0 saturated carbocycles. The highest BCUT2D eigenvalue weighted by molar-refractivity contribution is 5.86. The van der Waals surface area contributed by atoms with Crippen molar-refractivity contribution in [2.75, 3.05) is 32.9 Å². The van der Waals surface area contributed by atoms with Gasteiger partial charge in [-0.05, 0) is 68.0 Å². The molecule has 0 bridgehead atoms. The molecule has 0 aromatic heterocycles. The van der Waals surface area contributed by atoms with Gasteiger partial charge < -0.3 is 19.5 Å².